The second-order valence-electron chi connectivity index (χ2n) is 7.98. The molecule has 1 aliphatic heterocycles. The zero-order valence-electron chi connectivity index (χ0n) is 18.3. The van der Waals surface area contributed by atoms with Gasteiger partial charge >= 0.3 is 0 Å². The molecule has 3 heterocycles. The molecule has 0 saturated heterocycles. The number of anilines is 4. The zero-order valence-corrected chi connectivity index (χ0v) is 18.3. The number of rotatable bonds is 7. The van der Waals surface area contributed by atoms with E-state index in [4.69, 9.17) is 5.73 Å². The summed E-state index contributed by atoms with van der Waals surface area (Å²) in [5.74, 6) is 0.543. The molecule has 6 N–H and O–H groups in total. The summed E-state index contributed by atoms with van der Waals surface area (Å²) < 4.78 is 0. The highest BCUT2D eigenvalue weighted by Crippen LogP contribution is 2.24. The maximum atomic E-state index is 12.7. The van der Waals surface area contributed by atoms with Crippen molar-refractivity contribution in [3.05, 3.63) is 65.1 Å². The van der Waals surface area contributed by atoms with E-state index in [1.54, 1.807) is 12.3 Å². The molecule has 1 aliphatic rings. The first-order valence-corrected chi connectivity index (χ1v) is 10.7. The van der Waals surface area contributed by atoms with E-state index in [9.17, 15) is 4.79 Å². The summed E-state index contributed by atoms with van der Waals surface area (Å²) in [5.41, 5.74) is 11.0. The van der Waals surface area contributed by atoms with Gasteiger partial charge in [0.15, 0.2) is 0 Å². The molecule has 2 aromatic heterocycles. The normalized spacial score (nSPS) is 12.9. The average molecular weight is 433 g/mol. The number of nitrogens with two attached hydrogens (primary N) is 1. The largest absolute Gasteiger partial charge is 0.350 e. The third-order valence-corrected chi connectivity index (χ3v) is 5.09. The summed E-state index contributed by atoms with van der Waals surface area (Å²) in [6.07, 6.45) is 4.22. The van der Waals surface area contributed by atoms with Crippen molar-refractivity contribution < 1.29 is 4.79 Å². The summed E-state index contributed by atoms with van der Waals surface area (Å²) in [7, 11) is 0. The molecule has 0 unspecified atom stereocenters. The number of amides is 1. The molecule has 0 saturated carbocycles. The Morgan fingerprint density at radius 1 is 1.12 bits per heavy atom. The van der Waals surface area contributed by atoms with Gasteiger partial charge in [0.1, 0.15) is 11.4 Å². The Bertz CT molecular complexity index is 1110. The van der Waals surface area contributed by atoms with Gasteiger partial charge in [-0.25, -0.2) is 4.98 Å². The lowest BCUT2D eigenvalue weighted by molar-refractivity contribution is 0.0943. The van der Waals surface area contributed by atoms with E-state index in [-0.39, 0.29) is 11.9 Å². The fourth-order valence-corrected chi connectivity index (χ4v) is 3.54. The van der Waals surface area contributed by atoms with Crippen molar-refractivity contribution in [2.24, 2.45) is 5.73 Å². The second kappa shape index (κ2) is 9.71. The predicted octanol–water partition coefficient (Wildman–Crippen LogP) is 2.60. The molecular weight excluding hydrogens is 404 g/mol. The van der Waals surface area contributed by atoms with Gasteiger partial charge < -0.3 is 27.0 Å². The highest BCUT2D eigenvalue weighted by atomic mass is 16.1. The van der Waals surface area contributed by atoms with Gasteiger partial charge in [0.25, 0.3) is 5.91 Å². The minimum absolute atomic E-state index is 0.0120. The summed E-state index contributed by atoms with van der Waals surface area (Å²) in [5, 5.41) is 12.8. The molecule has 9 heteroatoms. The van der Waals surface area contributed by atoms with Gasteiger partial charge in [0.2, 0.25) is 5.95 Å². The molecule has 1 aromatic carbocycles. The van der Waals surface area contributed by atoms with Gasteiger partial charge in [-0.05, 0) is 62.2 Å². The summed E-state index contributed by atoms with van der Waals surface area (Å²) in [6.45, 7) is 5.98. The van der Waals surface area contributed by atoms with Crippen LogP contribution in [0.1, 0.15) is 41.0 Å². The quantitative estimate of drug-likeness (QED) is 0.385. The van der Waals surface area contributed by atoms with Crippen LogP contribution in [0, 0.1) is 0 Å². The fourth-order valence-electron chi connectivity index (χ4n) is 3.54. The number of pyridine rings is 1. The highest BCUT2D eigenvalue weighted by Gasteiger charge is 2.17. The monoisotopic (exact) mass is 432 g/mol. The van der Waals surface area contributed by atoms with Crippen LogP contribution in [0.3, 0.4) is 0 Å². The number of carbonyl (C=O) groups is 1. The first-order chi connectivity index (χ1) is 15.5. The van der Waals surface area contributed by atoms with Crippen LogP contribution < -0.4 is 27.0 Å². The molecular formula is C23H28N8O. The van der Waals surface area contributed by atoms with E-state index in [1.165, 1.54) is 17.3 Å². The third kappa shape index (κ3) is 5.19. The average Bonchev–Trinajstić information content (AvgIpc) is 2.79. The molecule has 1 amide bonds. The minimum atomic E-state index is -0.248. The van der Waals surface area contributed by atoms with Crippen LogP contribution in [0.4, 0.5) is 23.1 Å². The predicted molar refractivity (Wildman–Crippen MR) is 125 cm³/mol. The smallest absolute Gasteiger partial charge is 0.256 e. The lowest BCUT2D eigenvalue weighted by atomic mass is 10.0. The topological polar surface area (TPSA) is 130 Å². The van der Waals surface area contributed by atoms with E-state index < -0.39 is 0 Å². The van der Waals surface area contributed by atoms with E-state index in [0.29, 0.717) is 23.9 Å². The first kappa shape index (κ1) is 21.7. The van der Waals surface area contributed by atoms with E-state index >= 15 is 0 Å². The van der Waals surface area contributed by atoms with Crippen LogP contribution in [0.5, 0.6) is 0 Å². The number of carbonyl (C=O) groups excluding carboxylic acids is 1. The van der Waals surface area contributed by atoms with Crippen molar-refractivity contribution in [2.75, 3.05) is 17.2 Å². The Kier molecular flexibility index (Phi) is 6.58. The molecule has 166 valence electrons. The standard InChI is InChI=1S/C23H28N8O/c1-14(2)28-22(32)20-13-27-23(30-17-4-3-15-5-7-25-12-16(15)9-17)31-21(20)29-18-6-8-26-19(10-18)11-24/h3-4,6,8-10,13-14,25H,5,7,11-12,24H2,1-2H3,(H,28,32)(H2,26,27,29,30,31). The molecule has 0 bridgehead atoms. The number of aromatic nitrogens is 3. The highest BCUT2D eigenvalue weighted by molar-refractivity contribution is 5.99. The first-order valence-electron chi connectivity index (χ1n) is 10.7. The second-order valence-corrected chi connectivity index (χ2v) is 7.98. The van der Waals surface area contributed by atoms with Gasteiger partial charge in [-0.3, -0.25) is 9.78 Å². The maximum Gasteiger partial charge on any atom is 0.256 e. The Morgan fingerprint density at radius 2 is 1.97 bits per heavy atom. The van der Waals surface area contributed by atoms with E-state index in [1.807, 2.05) is 26.0 Å². The van der Waals surface area contributed by atoms with Crippen LogP contribution in [0.15, 0.2) is 42.7 Å². The molecule has 4 rings (SSSR count). The molecule has 0 fully saturated rings. The van der Waals surface area contributed by atoms with Gasteiger partial charge in [-0.15, -0.1) is 0 Å². The lowest BCUT2D eigenvalue weighted by Gasteiger charge is -2.18. The minimum Gasteiger partial charge on any atom is -0.350 e. The van der Waals surface area contributed by atoms with Crippen molar-refractivity contribution >= 4 is 29.0 Å². The number of benzene rings is 1. The Labute approximate surface area is 187 Å². The number of nitrogens with one attached hydrogen (secondary N) is 4. The Morgan fingerprint density at radius 3 is 2.78 bits per heavy atom. The molecule has 3 aromatic rings. The van der Waals surface area contributed by atoms with Crippen molar-refractivity contribution in [3.8, 4) is 0 Å². The summed E-state index contributed by atoms with van der Waals surface area (Å²) in [4.78, 5) is 25.9. The van der Waals surface area contributed by atoms with Gasteiger partial charge in [0, 0.05) is 42.9 Å². The van der Waals surface area contributed by atoms with Crippen LogP contribution in [0.2, 0.25) is 0 Å². The van der Waals surface area contributed by atoms with Gasteiger partial charge in [0.05, 0.1) is 5.69 Å². The molecule has 0 radical (unpaired) electrons. The van der Waals surface area contributed by atoms with Crippen molar-refractivity contribution in [1.29, 1.82) is 0 Å². The number of hydrogen-bond donors (Lipinski definition) is 5. The van der Waals surface area contributed by atoms with Crippen molar-refractivity contribution in [1.82, 2.24) is 25.6 Å². The van der Waals surface area contributed by atoms with E-state index in [2.05, 4.69) is 48.4 Å². The molecule has 0 atom stereocenters. The van der Waals surface area contributed by atoms with Gasteiger partial charge in [-0.1, -0.05) is 6.07 Å². The molecule has 0 aliphatic carbocycles. The molecule has 32 heavy (non-hydrogen) atoms. The summed E-state index contributed by atoms with van der Waals surface area (Å²) in [6, 6.07) is 9.88. The SMILES string of the molecule is CC(C)NC(=O)c1cnc(Nc2ccc3c(c2)CNCC3)nc1Nc1ccnc(CN)c1. The number of hydrogen-bond acceptors (Lipinski definition) is 8. The zero-order chi connectivity index (χ0) is 22.5. The maximum absolute atomic E-state index is 12.7. The lowest BCUT2D eigenvalue weighted by Crippen LogP contribution is -2.31. The molecule has 9 nitrogen and oxygen atoms in total. The number of fused-ring (bicyclic) bond motifs is 1. The van der Waals surface area contributed by atoms with Crippen LogP contribution in [-0.2, 0) is 19.5 Å². The van der Waals surface area contributed by atoms with E-state index in [0.717, 1.165) is 36.6 Å². The van der Waals surface area contributed by atoms with Crippen LogP contribution in [-0.4, -0.2) is 33.4 Å². The van der Waals surface area contributed by atoms with Gasteiger partial charge in [-0.2, -0.15) is 4.98 Å². The van der Waals surface area contributed by atoms with Crippen LogP contribution in [0.25, 0.3) is 0 Å². The van der Waals surface area contributed by atoms with Crippen LogP contribution >= 0.6 is 0 Å². The third-order valence-electron chi connectivity index (χ3n) is 5.09. The van der Waals surface area contributed by atoms with Crippen molar-refractivity contribution in [2.45, 2.75) is 39.4 Å². The Balaban J connectivity index is 1.63. The van der Waals surface area contributed by atoms with Crippen molar-refractivity contribution in [3.63, 3.8) is 0 Å². The molecule has 0 spiro atoms. The fraction of sp³-hybridized carbons (Fsp3) is 0.304. The summed E-state index contributed by atoms with van der Waals surface area (Å²) >= 11 is 0. The number of nitrogens with zero attached hydrogens (tertiary/aromatic N) is 3. The Hall–Kier alpha value is -3.56.